The summed E-state index contributed by atoms with van der Waals surface area (Å²) in [4.78, 5) is 16.8. The highest BCUT2D eigenvalue weighted by Crippen LogP contribution is 2.24. The number of carbonyl (C=O) groups is 1. The fourth-order valence-electron chi connectivity index (χ4n) is 2.97. The molecule has 0 bridgehead atoms. The molecule has 27 heavy (non-hydrogen) atoms. The van der Waals surface area contributed by atoms with Gasteiger partial charge in [-0.3, -0.25) is 4.79 Å². The molecule has 5 nitrogen and oxygen atoms in total. The molecular formula is C22H19N3O2. The van der Waals surface area contributed by atoms with Gasteiger partial charge in [0.25, 0.3) is 5.91 Å². The Morgan fingerprint density at radius 3 is 2.41 bits per heavy atom. The first-order chi connectivity index (χ1) is 13.2. The Bertz CT molecular complexity index is 1070. The van der Waals surface area contributed by atoms with Gasteiger partial charge in [-0.25, -0.2) is 4.98 Å². The van der Waals surface area contributed by atoms with Gasteiger partial charge in [-0.05, 0) is 48.5 Å². The molecule has 0 fully saturated rings. The first kappa shape index (κ1) is 16.8. The predicted octanol–water partition coefficient (Wildman–Crippen LogP) is 4.26. The third-order valence-electron chi connectivity index (χ3n) is 4.33. The van der Waals surface area contributed by atoms with Gasteiger partial charge in [0.05, 0.1) is 11.0 Å². The number of hydrogen-bond donors (Lipinski definition) is 1. The zero-order chi connectivity index (χ0) is 18.6. The third kappa shape index (κ3) is 3.67. The Hall–Kier alpha value is -3.60. The number of benzene rings is 3. The number of nitrogens with zero attached hydrogens (tertiary/aromatic N) is 2. The van der Waals surface area contributed by atoms with Gasteiger partial charge in [-0.1, -0.05) is 30.3 Å². The molecule has 0 saturated carbocycles. The molecule has 0 radical (unpaired) electrons. The highest BCUT2D eigenvalue weighted by molar-refractivity contribution is 5.92. The van der Waals surface area contributed by atoms with Crippen LogP contribution in [0.15, 0.2) is 78.9 Å². The summed E-state index contributed by atoms with van der Waals surface area (Å²) in [5.41, 5.74) is 3.76. The van der Waals surface area contributed by atoms with Crippen molar-refractivity contribution in [3.63, 3.8) is 0 Å². The second-order valence-electron chi connectivity index (χ2n) is 6.21. The lowest BCUT2D eigenvalue weighted by atomic mass is 10.2. The molecule has 5 heteroatoms. The van der Waals surface area contributed by atoms with Gasteiger partial charge in [-0.15, -0.1) is 0 Å². The number of carbonyl (C=O) groups excluding carboxylic acids is 1. The van der Waals surface area contributed by atoms with Gasteiger partial charge in [0.2, 0.25) is 0 Å². The van der Waals surface area contributed by atoms with Crippen molar-refractivity contribution in [2.24, 2.45) is 7.05 Å². The summed E-state index contributed by atoms with van der Waals surface area (Å²) >= 11 is 0. The zero-order valence-corrected chi connectivity index (χ0v) is 14.9. The first-order valence-electron chi connectivity index (χ1n) is 8.70. The minimum Gasteiger partial charge on any atom is -0.484 e. The van der Waals surface area contributed by atoms with Gasteiger partial charge >= 0.3 is 0 Å². The quantitative estimate of drug-likeness (QED) is 0.581. The van der Waals surface area contributed by atoms with Crippen LogP contribution in [-0.2, 0) is 11.8 Å². The second-order valence-corrected chi connectivity index (χ2v) is 6.21. The molecule has 3 aromatic carbocycles. The standard InChI is InChI=1S/C22H19N3O2/c1-25-20-10-6-5-9-19(20)24-22(25)16-11-13-17(14-12-16)23-21(26)15-27-18-7-3-2-4-8-18/h2-14H,15H2,1H3,(H,23,26). The molecule has 0 aliphatic carbocycles. The lowest BCUT2D eigenvalue weighted by Gasteiger charge is -2.08. The van der Waals surface area contributed by atoms with Gasteiger partial charge in [0.1, 0.15) is 11.6 Å². The van der Waals surface area contributed by atoms with Crippen LogP contribution in [0.1, 0.15) is 0 Å². The number of ether oxygens (including phenoxy) is 1. The monoisotopic (exact) mass is 357 g/mol. The second kappa shape index (κ2) is 7.33. The van der Waals surface area contributed by atoms with Crippen molar-refractivity contribution in [2.75, 3.05) is 11.9 Å². The molecule has 0 saturated heterocycles. The number of aryl methyl sites for hydroxylation is 1. The van der Waals surface area contributed by atoms with Crippen molar-refractivity contribution in [3.05, 3.63) is 78.9 Å². The van der Waals surface area contributed by atoms with Crippen LogP contribution >= 0.6 is 0 Å². The number of hydrogen-bond acceptors (Lipinski definition) is 3. The van der Waals surface area contributed by atoms with Crippen LogP contribution in [0.3, 0.4) is 0 Å². The normalized spacial score (nSPS) is 10.7. The number of nitrogens with one attached hydrogen (secondary N) is 1. The van der Waals surface area contributed by atoms with E-state index < -0.39 is 0 Å². The van der Waals surface area contributed by atoms with Crippen molar-refractivity contribution in [1.82, 2.24) is 9.55 Å². The summed E-state index contributed by atoms with van der Waals surface area (Å²) in [6, 6.07) is 25.0. The summed E-state index contributed by atoms with van der Waals surface area (Å²) in [6.07, 6.45) is 0. The molecule has 1 aromatic heterocycles. The highest BCUT2D eigenvalue weighted by atomic mass is 16.5. The Balaban J connectivity index is 1.44. The number of anilines is 1. The van der Waals surface area contributed by atoms with Gasteiger partial charge < -0.3 is 14.6 Å². The van der Waals surface area contributed by atoms with E-state index in [1.165, 1.54) is 0 Å². The minimum atomic E-state index is -0.200. The molecule has 1 heterocycles. The minimum absolute atomic E-state index is 0.0312. The average Bonchev–Trinajstić information content (AvgIpc) is 3.05. The van der Waals surface area contributed by atoms with Gasteiger partial charge in [0, 0.05) is 18.3 Å². The molecule has 0 aliphatic rings. The van der Waals surface area contributed by atoms with E-state index in [0.29, 0.717) is 5.75 Å². The van der Waals surface area contributed by atoms with E-state index in [2.05, 4.69) is 9.88 Å². The SMILES string of the molecule is Cn1c(-c2ccc(NC(=O)COc3ccccc3)cc2)nc2ccccc21. The van der Waals surface area contributed by atoms with Crippen molar-refractivity contribution < 1.29 is 9.53 Å². The fourth-order valence-corrected chi connectivity index (χ4v) is 2.97. The topological polar surface area (TPSA) is 56.2 Å². The maximum atomic E-state index is 12.1. The summed E-state index contributed by atoms with van der Waals surface area (Å²) < 4.78 is 7.52. The van der Waals surface area contributed by atoms with Crippen LogP contribution in [0.4, 0.5) is 5.69 Å². The summed E-state index contributed by atoms with van der Waals surface area (Å²) in [5, 5.41) is 2.84. The highest BCUT2D eigenvalue weighted by Gasteiger charge is 2.10. The van der Waals surface area contributed by atoms with Crippen LogP contribution in [0.2, 0.25) is 0 Å². The molecular weight excluding hydrogens is 338 g/mol. The molecule has 0 aliphatic heterocycles. The number of para-hydroxylation sites is 3. The molecule has 4 rings (SSSR count). The van der Waals surface area contributed by atoms with Crippen LogP contribution in [0, 0.1) is 0 Å². The summed E-state index contributed by atoms with van der Waals surface area (Å²) in [5.74, 6) is 1.36. The van der Waals surface area contributed by atoms with Gasteiger partial charge in [-0.2, -0.15) is 0 Å². The number of amides is 1. The molecule has 0 atom stereocenters. The Kier molecular flexibility index (Phi) is 4.58. The Morgan fingerprint density at radius 2 is 1.67 bits per heavy atom. The van der Waals surface area contributed by atoms with E-state index >= 15 is 0 Å². The number of imidazole rings is 1. The van der Waals surface area contributed by atoms with E-state index in [0.717, 1.165) is 28.1 Å². The largest absolute Gasteiger partial charge is 0.484 e. The molecule has 1 N–H and O–H groups in total. The van der Waals surface area contributed by atoms with E-state index in [1.807, 2.05) is 85.9 Å². The smallest absolute Gasteiger partial charge is 0.262 e. The molecule has 4 aromatic rings. The van der Waals surface area contributed by atoms with E-state index in [9.17, 15) is 4.79 Å². The van der Waals surface area contributed by atoms with Crippen molar-refractivity contribution in [1.29, 1.82) is 0 Å². The average molecular weight is 357 g/mol. The molecule has 1 amide bonds. The summed E-state index contributed by atoms with van der Waals surface area (Å²) in [6.45, 7) is -0.0312. The maximum Gasteiger partial charge on any atom is 0.262 e. The third-order valence-corrected chi connectivity index (χ3v) is 4.33. The van der Waals surface area contributed by atoms with Crippen molar-refractivity contribution >= 4 is 22.6 Å². The van der Waals surface area contributed by atoms with Crippen LogP contribution < -0.4 is 10.1 Å². The lowest BCUT2D eigenvalue weighted by molar-refractivity contribution is -0.118. The number of fused-ring (bicyclic) bond motifs is 1. The lowest BCUT2D eigenvalue weighted by Crippen LogP contribution is -2.20. The van der Waals surface area contributed by atoms with Gasteiger partial charge in [0.15, 0.2) is 6.61 Å². The van der Waals surface area contributed by atoms with E-state index in [4.69, 9.17) is 9.72 Å². The van der Waals surface area contributed by atoms with Crippen LogP contribution in [0.5, 0.6) is 5.75 Å². The van der Waals surface area contributed by atoms with Crippen molar-refractivity contribution in [3.8, 4) is 17.1 Å². The van der Waals surface area contributed by atoms with Crippen LogP contribution in [-0.4, -0.2) is 22.1 Å². The zero-order valence-electron chi connectivity index (χ0n) is 14.9. The first-order valence-corrected chi connectivity index (χ1v) is 8.70. The molecule has 0 unspecified atom stereocenters. The van der Waals surface area contributed by atoms with Crippen LogP contribution in [0.25, 0.3) is 22.4 Å². The molecule has 0 spiro atoms. The predicted molar refractivity (Wildman–Crippen MR) is 107 cm³/mol. The van der Waals surface area contributed by atoms with Crippen molar-refractivity contribution in [2.45, 2.75) is 0 Å². The fraction of sp³-hybridized carbons (Fsp3) is 0.0909. The summed E-state index contributed by atoms with van der Waals surface area (Å²) in [7, 11) is 2.00. The molecule has 134 valence electrons. The van der Waals surface area contributed by atoms with E-state index in [1.54, 1.807) is 0 Å². The van der Waals surface area contributed by atoms with E-state index in [-0.39, 0.29) is 12.5 Å². The number of rotatable bonds is 5. The Labute approximate surface area is 157 Å². The Morgan fingerprint density at radius 1 is 0.963 bits per heavy atom. The number of aromatic nitrogens is 2. The maximum absolute atomic E-state index is 12.1.